The fraction of sp³-hybridized carbons (Fsp3) is 0.333. The topological polar surface area (TPSA) is 49.8 Å². The summed E-state index contributed by atoms with van der Waals surface area (Å²) in [6, 6.07) is 8.12. The molecule has 2 atom stereocenters. The standard InChI is InChI=1S/C24H26F4N4S/c1-14-16(3)33-23(31-14)20(11-5-17-6-12-21(30-13-17)24(26,27)28)32-22(15(2)29-4)18-7-9-19(25)10-8-18/h6-10,12-13,20,22,29,32H,2,5,11H2,1,3-4H3. The Hall–Kier alpha value is -2.78. The quantitative estimate of drug-likeness (QED) is 0.368. The van der Waals surface area contributed by atoms with Crippen LogP contribution in [0.25, 0.3) is 0 Å². The van der Waals surface area contributed by atoms with E-state index in [4.69, 9.17) is 4.98 Å². The molecule has 2 unspecified atom stereocenters. The van der Waals surface area contributed by atoms with Crippen LogP contribution in [0.4, 0.5) is 17.6 Å². The summed E-state index contributed by atoms with van der Waals surface area (Å²) in [5, 5.41) is 7.50. The molecule has 3 rings (SSSR count). The Balaban J connectivity index is 1.85. The third kappa shape index (κ3) is 6.39. The Morgan fingerprint density at radius 1 is 1.12 bits per heavy atom. The fourth-order valence-electron chi connectivity index (χ4n) is 3.37. The average molecular weight is 479 g/mol. The molecule has 176 valence electrons. The summed E-state index contributed by atoms with van der Waals surface area (Å²) in [5.74, 6) is -0.329. The number of hydrogen-bond acceptors (Lipinski definition) is 5. The Bertz CT molecular complexity index is 1060. The van der Waals surface area contributed by atoms with Crippen LogP contribution in [0.3, 0.4) is 0 Å². The first-order valence-electron chi connectivity index (χ1n) is 10.4. The lowest BCUT2D eigenvalue weighted by atomic mass is 10.0. The van der Waals surface area contributed by atoms with Crippen molar-refractivity contribution in [3.8, 4) is 0 Å². The fourth-order valence-corrected chi connectivity index (χ4v) is 4.39. The number of aryl methyl sites for hydroxylation is 3. The monoisotopic (exact) mass is 478 g/mol. The van der Waals surface area contributed by atoms with E-state index >= 15 is 0 Å². The van der Waals surface area contributed by atoms with Crippen LogP contribution in [0.5, 0.6) is 0 Å². The molecule has 0 spiro atoms. The van der Waals surface area contributed by atoms with Gasteiger partial charge in [-0.15, -0.1) is 11.3 Å². The summed E-state index contributed by atoms with van der Waals surface area (Å²) < 4.78 is 51.9. The number of nitrogens with one attached hydrogen (secondary N) is 2. The van der Waals surface area contributed by atoms with Crippen molar-refractivity contribution < 1.29 is 17.6 Å². The van der Waals surface area contributed by atoms with Gasteiger partial charge in [0.1, 0.15) is 16.5 Å². The molecular weight excluding hydrogens is 452 g/mol. The normalized spacial score (nSPS) is 13.5. The van der Waals surface area contributed by atoms with E-state index in [9.17, 15) is 17.6 Å². The van der Waals surface area contributed by atoms with Gasteiger partial charge in [-0.1, -0.05) is 24.8 Å². The second-order valence-electron chi connectivity index (χ2n) is 7.76. The number of thiazole rings is 1. The van der Waals surface area contributed by atoms with Crippen LogP contribution in [0.15, 0.2) is 54.9 Å². The zero-order valence-electron chi connectivity index (χ0n) is 18.6. The van der Waals surface area contributed by atoms with Crippen molar-refractivity contribution >= 4 is 11.3 Å². The lowest BCUT2D eigenvalue weighted by Crippen LogP contribution is -2.31. The average Bonchev–Trinajstić information content (AvgIpc) is 3.12. The van der Waals surface area contributed by atoms with Crippen LogP contribution >= 0.6 is 11.3 Å². The highest BCUT2D eigenvalue weighted by molar-refractivity contribution is 7.11. The molecule has 0 aliphatic rings. The molecule has 0 bridgehead atoms. The van der Waals surface area contributed by atoms with Gasteiger partial charge in [0, 0.05) is 23.8 Å². The zero-order valence-corrected chi connectivity index (χ0v) is 19.4. The third-order valence-corrected chi connectivity index (χ3v) is 6.61. The second kappa shape index (κ2) is 10.4. The number of likely N-dealkylation sites (N-methyl/N-ethyl adjacent to an activating group) is 1. The van der Waals surface area contributed by atoms with Gasteiger partial charge in [0.2, 0.25) is 0 Å². The molecule has 0 fully saturated rings. The predicted molar refractivity (Wildman–Crippen MR) is 122 cm³/mol. The van der Waals surface area contributed by atoms with Gasteiger partial charge in [-0.05, 0) is 56.0 Å². The number of rotatable bonds is 9. The summed E-state index contributed by atoms with van der Waals surface area (Å²) in [6.07, 6.45) is -2.12. The second-order valence-corrected chi connectivity index (χ2v) is 9.00. The minimum Gasteiger partial charge on any atom is -0.390 e. The molecule has 33 heavy (non-hydrogen) atoms. The number of nitrogens with zero attached hydrogens (tertiary/aromatic N) is 2. The molecule has 3 aromatic rings. The number of hydrogen-bond donors (Lipinski definition) is 2. The number of benzene rings is 1. The van der Waals surface area contributed by atoms with Crippen molar-refractivity contribution in [2.24, 2.45) is 0 Å². The molecule has 0 amide bonds. The first kappa shape index (κ1) is 24.9. The highest BCUT2D eigenvalue weighted by atomic mass is 32.1. The Morgan fingerprint density at radius 2 is 1.82 bits per heavy atom. The molecule has 2 N–H and O–H groups in total. The van der Waals surface area contributed by atoms with E-state index in [2.05, 4.69) is 22.2 Å². The largest absolute Gasteiger partial charge is 0.433 e. The van der Waals surface area contributed by atoms with Gasteiger partial charge in [0.25, 0.3) is 0 Å². The van der Waals surface area contributed by atoms with Crippen molar-refractivity contribution in [3.05, 3.63) is 93.1 Å². The summed E-state index contributed by atoms with van der Waals surface area (Å²) in [5.41, 5.74) is 2.26. The van der Waals surface area contributed by atoms with Gasteiger partial charge in [-0.3, -0.25) is 10.3 Å². The molecule has 0 radical (unpaired) electrons. The van der Waals surface area contributed by atoms with Crippen LogP contribution in [0.1, 0.15) is 50.9 Å². The van der Waals surface area contributed by atoms with Crippen LogP contribution in [-0.4, -0.2) is 17.0 Å². The number of alkyl halides is 3. The van der Waals surface area contributed by atoms with Crippen LogP contribution in [-0.2, 0) is 12.6 Å². The van der Waals surface area contributed by atoms with E-state index < -0.39 is 11.9 Å². The van der Waals surface area contributed by atoms with E-state index in [-0.39, 0.29) is 17.9 Å². The van der Waals surface area contributed by atoms with Crippen molar-refractivity contribution in [1.82, 2.24) is 20.6 Å². The van der Waals surface area contributed by atoms with Crippen molar-refractivity contribution in [2.45, 2.75) is 44.9 Å². The van der Waals surface area contributed by atoms with Crippen LogP contribution in [0.2, 0.25) is 0 Å². The molecule has 0 saturated heterocycles. The maximum atomic E-state index is 13.5. The number of pyridine rings is 1. The molecule has 4 nitrogen and oxygen atoms in total. The van der Waals surface area contributed by atoms with Crippen molar-refractivity contribution in [3.63, 3.8) is 0 Å². The molecule has 1 aromatic carbocycles. The van der Waals surface area contributed by atoms with Gasteiger partial charge in [0.15, 0.2) is 0 Å². The summed E-state index contributed by atoms with van der Waals surface area (Å²) in [7, 11) is 1.76. The lowest BCUT2D eigenvalue weighted by molar-refractivity contribution is -0.141. The number of aromatic nitrogens is 2. The first-order chi connectivity index (χ1) is 15.6. The van der Waals surface area contributed by atoms with Crippen LogP contribution < -0.4 is 10.6 Å². The van der Waals surface area contributed by atoms with Gasteiger partial charge in [-0.25, -0.2) is 9.37 Å². The van der Waals surface area contributed by atoms with Crippen molar-refractivity contribution in [2.75, 3.05) is 7.05 Å². The molecular formula is C24H26F4N4S. The Labute approximate surface area is 194 Å². The van der Waals surface area contributed by atoms with E-state index in [1.165, 1.54) is 24.4 Å². The summed E-state index contributed by atoms with van der Waals surface area (Å²) >= 11 is 1.57. The molecule has 0 aliphatic carbocycles. The predicted octanol–water partition coefficient (Wildman–Crippen LogP) is 6.05. The van der Waals surface area contributed by atoms with Crippen LogP contribution in [0, 0.1) is 19.7 Å². The Morgan fingerprint density at radius 3 is 2.33 bits per heavy atom. The van der Waals surface area contributed by atoms with E-state index in [1.807, 2.05) is 13.8 Å². The molecule has 9 heteroatoms. The highest BCUT2D eigenvalue weighted by Gasteiger charge is 2.32. The zero-order chi connectivity index (χ0) is 24.2. The maximum Gasteiger partial charge on any atom is 0.433 e. The van der Waals surface area contributed by atoms with E-state index in [0.717, 1.165) is 27.2 Å². The van der Waals surface area contributed by atoms with Crippen molar-refractivity contribution in [1.29, 1.82) is 0 Å². The van der Waals surface area contributed by atoms with Gasteiger partial charge < -0.3 is 5.32 Å². The summed E-state index contributed by atoms with van der Waals surface area (Å²) in [4.78, 5) is 9.35. The molecule has 0 saturated carbocycles. The Kier molecular flexibility index (Phi) is 7.86. The van der Waals surface area contributed by atoms with Gasteiger partial charge in [-0.2, -0.15) is 13.2 Å². The van der Waals surface area contributed by atoms with Gasteiger partial charge >= 0.3 is 6.18 Å². The molecule has 2 heterocycles. The minimum absolute atomic E-state index is 0.204. The highest BCUT2D eigenvalue weighted by Crippen LogP contribution is 2.31. The minimum atomic E-state index is -4.46. The lowest BCUT2D eigenvalue weighted by Gasteiger charge is -2.27. The first-order valence-corrected chi connectivity index (χ1v) is 11.2. The summed E-state index contributed by atoms with van der Waals surface area (Å²) in [6.45, 7) is 8.03. The van der Waals surface area contributed by atoms with E-state index in [0.29, 0.717) is 24.1 Å². The number of halogens is 4. The molecule has 0 aliphatic heterocycles. The third-order valence-electron chi connectivity index (χ3n) is 5.42. The smallest absolute Gasteiger partial charge is 0.390 e. The SMILES string of the molecule is C=C(NC)C(NC(CCc1ccc(C(F)(F)F)nc1)c1nc(C)c(C)s1)c1ccc(F)cc1. The van der Waals surface area contributed by atoms with E-state index in [1.54, 1.807) is 30.5 Å². The van der Waals surface area contributed by atoms with Gasteiger partial charge in [0.05, 0.1) is 17.8 Å². The maximum absolute atomic E-state index is 13.5. The molecule has 2 aromatic heterocycles.